The minimum atomic E-state index is -0.0944. The Kier molecular flexibility index (Phi) is 4.34. The van der Waals surface area contributed by atoms with Crippen molar-refractivity contribution in [2.24, 2.45) is 0 Å². The first-order valence-electron chi connectivity index (χ1n) is 8.82. The van der Waals surface area contributed by atoms with Crippen molar-refractivity contribution >= 4 is 28.2 Å². The monoisotopic (exact) mass is 331 g/mol. The van der Waals surface area contributed by atoms with Crippen LogP contribution in [-0.2, 0) is 0 Å². The van der Waals surface area contributed by atoms with Crippen molar-refractivity contribution in [3.05, 3.63) is 66.4 Å². The van der Waals surface area contributed by atoms with E-state index >= 15 is 0 Å². The van der Waals surface area contributed by atoms with Crippen LogP contribution in [0.15, 0.2) is 60.8 Å². The van der Waals surface area contributed by atoms with E-state index in [2.05, 4.69) is 21.3 Å². The largest absolute Gasteiger partial charge is 0.370 e. The summed E-state index contributed by atoms with van der Waals surface area (Å²) in [5.41, 5.74) is 3.46. The maximum atomic E-state index is 12.9. The number of nitrogens with one attached hydrogen (secondary N) is 1. The Bertz CT molecular complexity index is 895. The maximum Gasteiger partial charge on any atom is 0.256 e. The van der Waals surface area contributed by atoms with Crippen molar-refractivity contribution in [2.45, 2.75) is 19.3 Å². The Balaban J connectivity index is 1.65. The van der Waals surface area contributed by atoms with E-state index in [1.54, 1.807) is 12.3 Å². The molecule has 1 aliphatic heterocycles. The first kappa shape index (κ1) is 15.6. The van der Waals surface area contributed by atoms with Crippen molar-refractivity contribution < 1.29 is 4.79 Å². The number of hydrogen-bond acceptors (Lipinski definition) is 3. The molecule has 0 bridgehead atoms. The van der Waals surface area contributed by atoms with Gasteiger partial charge in [-0.05, 0) is 43.5 Å². The number of anilines is 2. The van der Waals surface area contributed by atoms with Gasteiger partial charge in [-0.1, -0.05) is 30.3 Å². The molecule has 4 heteroatoms. The number of carbonyl (C=O) groups is 1. The van der Waals surface area contributed by atoms with Gasteiger partial charge in [-0.15, -0.1) is 0 Å². The second-order valence-electron chi connectivity index (χ2n) is 6.39. The topological polar surface area (TPSA) is 45.2 Å². The molecule has 1 amide bonds. The van der Waals surface area contributed by atoms with Crippen molar-refractivity contribution in [2.75, 3.05) is 23.3 Å². The van der Waals surface area contributed by atoms with Gasteiger partial charge in [0.25, 0.3) is 5.91 Å². The average molecular weight is 331 g/mol. The van der Waals surface area contributed by atoms with Crippen LogP contribution in [-0.4, -0.2) is 24.0 Å². The van der Waals surface area contributed by atoms with Gasteiger partial charge >= 0.3 is 0 Å². The van der Waals surface area contributed by atoms with E-state index < -0.39 is 0 Å². The molecule has 1 fully saturated rings. The average Bonchev–Trinajstić information content (AvgIpc) is 2.68. The van der Waals surface area contributed by atoms with Crippen molar-refractivity contribution in [1.82, 2.24) is 4.98 Å². The van der Waals surface area contributed by atoms with E-state index in [0.29, 0.717) is 5.56 Å². The van der Waals surface area contributed by atoms with Crippen LogP contribution in [0.5, 0.6) is 0 Å². The predicted octanol–water partition coefficient (Wildman–Crippen LogP) is 4.48. The molecule has 3 aromatic rings. The fourth-order valence-corrected chi connectivity index (χ4v) is 3.47. The van der Waals surface area contributed by atoms with Crippen LogP contribution in [0.2, 0.25) is 0 Å². The van der Waals surface area contributed by atoms with Gasteiger partial charge in [-0.3, -0.25) is 9.78 Å². The highest BCUT2D eigenvalue weighted by Gasteiger charge is 2.17. The Morgan fingerprint density at radius 3 is 2.56 bits per heavy atom. The van der Waals surface area contributed by atoms with Crippen molar-refractivity contribution in [3.63, 3.8) is 0 Å². The minimum absolute atomic E-state index is 0.0944. The number of aromatic nitrogens is 1. The Morgan fingerprint density at radius 1 is 0.920 bits per heavy atom. The standard InChI is InChI=1S/C21H21N3O/c25-21(17-12-13-22-18-9-3-2-8-16(17)18)23-19-10-4-5-11-20(19)24-14-6-1-7-15-24/h2-5,8-13H,1,6-7,14-15H2,(H,23,25). The third kappa shape index (κ3) is 3.20. The summed E-state index contributed by atoms with van der Waals surface area (Å²) < 4.78 is 0. The van der Waals surface area contributed by atoms with E-state index in [9.17, 15) is 4.79 Å². The summed E-state index contributed by atoms with van der Waals surface area (Å²) in [6, 6.07) is 17.6. The summed E-state index contributed by atoms with van der Waals surface area (Å²) in [7, 11) is 0. The molecule has 1 aromatic heterocycles. The lowest BCUT2D eigenvalue weighted by Crippen LogP contribution is -2.30. The molecule has 25 heavy (non-hydrogen) atoms. The number of nitrogens with zero attached hydrogens (tertiary/aromatic N) is 2. The lowest BCUT2D eigenvalue weighted by Gasteiger charge is -2.30. The molecule has 4 nitrogen and oxygen atoms in total. The van der Waals surface area contributed by atoms with Crippen LogP contribution in [0.1, 0.15) is 29.6 Å². The first-order chi connectivity index (χ1) is 12.3. The van der Waals surface area contributed by atoms with Gasteiger partial charge in [-0.25, -0.2) is 0 Å². The third-order valence-electron chi connectivity index (χ3n) is 4.74. The number of pyridine rings is 1. The summed E-state index contributed by atoms with van der Waals surface area (Å²) in [5, 5.41) is 3.98. The highest BCUT2D eigenvalue weighted by molar-refractivity contribution is 6.13. The van der Waals surface area contributed by atoms with Crippen LogP contribution in [0.25, 0.3) is 10.9 Å². The summed E-state index contributed by atoms with van der Waals surface area (Å²) in [4.78, 5) is 19.6. The zero-order valence-electron chi connectivity index (χ0n) is 14.1. The number of rotatable bonds is 3. The van der Waals surface area contributed by atoms with Gasteiger partial charge in [0.15, 0.2) is 0 Å². The van der Waals surface area contributed by atoms with E-state index in [-0.39, 0.29) is 5.91 Å². The summed E-state index contributed by atoms with van der Waals surface area (Å²) >= 11 is 0. The van der Waals surface area contributed by atoms with Crippen LogP contribution < -0.4 is 10.2 Å². The second kappa shape index (κ2) is 6.93. The van der Waals surface area contributed by atoms with E-state index in [1.807, 2.05) is 42.5 Å². The molecule has 0 radical (unpaired) electrons. The minimum Gasteiger partial charge on any atom is -0.370 e. The molecule has 0 saturated carbocycles. The van der Waals surface area contributed by atoms with E-state index in [4.69, 9.17) is 0 Å². The van der Waals surface area contributed by atoms with Crippen LogP contribution in [0.4, 0.5) is 11.4 Å². The number of hydrogen-bond donors (Lipinski definition) is 1. The Morgan fingerprint density at radius 2 is 1.68 bits per heavy atom. The molecule has 1 saturated heterocycles. The van der Waals surface area contributed by atoms with Crippen molar-refractivity contribution in [3.8, 4) is 0 Å². The number of amides is 1. The molecule has 1 aliphatic rings. The Hall–Kier alpha value is -2.88. The van der Waals surface area contributed by atoms with Crippen LogP contribution in [0.3, 0.4) is 0 Å². The van der Waals surface area contributed by atoms with Gasteiger partial charge < -0.3 is 10.2 Å². The molecule has 2 heterocycles. The molecular weight excluding hydrogens is 310 g/mol. The van der Waals surface area contributed by atoms with Gasteiger partial charge in [0.2, 0.25) is 0 Å². The quantitative estimate of drug-likeness (QED) is 0.770. The van der Waals surface area contributed by atoms with Crippen LogP contribution in [0, 0.1) is 0 Å². The number of piperidine rings is 1. The molecule has 0 atom stereocenters. The van der Waals surface area contributed by atoms with Gasteiger partial charge in [0, 0.05) is 24.7 Å². The van der Waals surface area contributed by atoms with Gasteiger partial charge in [0.05, 0.1) is 22.5 Å². The molecule has 4 rings (SSSR count). The molecular formula is C21H21N3O. The summed E-state index contributed by atoms with van der Waals surface area (Å²) in [6.07, 6.45) is 5.39. The smallest absolute Gasteiger partial charge is 0.256 e. The third-order valence-corrected chi connectivity index (χ3v) is 4.74. The molecule has 0 unspecified atom stereocenters. The lowest BCUT2D eigenvalue weighted by atomic mass is 10.1. The molecule has 0 aliphatic carbocycles. The normalized spacial score (nSPS) is 14.5. The van der Waals surface area contributed by atoms with E-state index in [1.165, 1.54) is 19.3 Å². The molecule has 2 aromatic carbocycles. The van der Waals surface area contributed by atoms with Crippen molar-refractivity contribution in [1.29, 1.82) is 0 Å². The SMILES string of the molecule is O=C(Nc1ccccc1N1CCCCC1)c1ccnc2ccccc12. The molecule has 0 spiro atoms. The van der Waals surface area contributed by atoms with E-state index in [0.717, 1.165) is 35.4 Å². The molecule has 1 N–H and O–H groups in total. The zero-order chi connectivity index (χ0) is 17.1. The fourth-order valence-electron chi connectivity index (χ4n) is 3.47. The second-order valence-corrected chi connectivity index (χ2v) is 6.39. The summed E-state index contributed by atoms with van der Waals surface area (Å²) in [6.45, 7) is 2.09. The lowest BCUT2D eigenvalue weighted by molar-refractivity contribution is 0.102. The van der Waals surface area contributed by atoms with Crippen LogP contribution >= 0.6 is 0 Å². The highest BCUT2D eigenvalue weighted by atomic mass is 16.1. The number of fused-ring (bicyclic) bond motifs is 1. The summed E-state index contributed by atoms with van der Waals surface area (Å²) in [5.74, 6) is -0.0944. The number of benzene rings is 2. The van der Waals surface area contributed by atoms with Gasteiger partial charge in [-0.2, -0.15) is 0 Å². The molecule has 126 valence electrons. The highest BCUT2D eigenvalue weighted by Crippen LogP contribution is 2.29. The number of carbonyl (C=O) groups excluding carboxylic acids is 1. The predicted molar refractivity (Wildman–Crippen MR) is 102 cm³/mol. The first-order valence-corrected chi connectivity index (χ1v) is 8.82. The number of para-hydroxylation sites is 3. The maximum absolute atomic E-state index is 12.9. The van der Waals surface area contributed by atoms with Gasteiger partial charge in [0.1, 0.15) is 0 Å². The zero-order valence-corrected chi connectivity index (χ0v) is 14.1. The Labute approximate surface area is 147 Å². The fraction of sp³-hybridized carbons (Fsp3) is 0.238.